The molecule has 2 aromatic rings. The van der Waals surface area contributed by atoms with Crippen LogP contribution in [-0.4, -0.2) is 37.5 Å². The van der Waals surface area contributed by atoms with E-state index in [0.717, 1.165) is 11.1 Å². The molecule has 0 aliphatic heterocycles. The van der Waals surface area contributed by atoms with Gasteiger partial charge in [-0.3, -0.25) is 14.6 Å². The minimum atomic E-state index is -0.753. The Hall–Kier alpha value is -2.95. The third-order valence-corrected chi connectivity index (χ3v) is 5.42. The third-order valence-electron chi connectivity index (χ3n) is 5.42. The fourth-order valence-electron chi connectivity index (χ4n) is 4.04. The van der Waals surface area contributed by atoms with Crippen LogP contribution >= 0.6 is 0 Å². The van der Waals surface area contributed by atoms with E-state index in [1.54, 1.807) is 7.05 Å². The molecule has 158 valence electrons. The summed E-state index contributed by atoms with van der Waals surface area (Å²) in [5.74, 6) is 0.447. The summed E-state index contributed by atoms with van der Waals surface area (Å²) < 4.78 is 11.2. The summed E-state index contributed by atoms with van der Waals surface area (Å²) in [7, 11) is 1.67. The second-order valence-corrected chi connectivity index (χ2v) is 7.42. The Morgan fingerprint density at radius 2 is 1.70 bits per heavy atom. The van der Waals surface area contributed by atoms with Gasteiger partial charge in [-0.25, -0.2) is 0 Å². The van der Waals surface area contributed by atoms with E-state index in [9.17, 15) is 9.59 Å². The van der Waals surface area contributed by atoms with Gasteiger partial charge in [0.15, 0.2) is 17.3 Å². The molecule has 0 unspecified atom stereocenters. The SMILES string of the molecule is CCOc1ccc(CC(=O)[C@@H]2C(=O)C[C@H](c3ccccc3)CC2=NC)cc1OCC. The van der Waals surface area contributed by atoms with E-state index >= 15 is 0 Å². The van der Waals surface area contributed by atoms with Gasteiger partial charge in [0.05, 0.1) is 13.2 Å². The van der Waals surface area contributed by atoms with Crippen molar-refractivity contribution in [2.24, 2.45) is 10.9 Å². The lowest BCUT2D eigenvalue weighted by Crippen LogP contribution is -2.39. The Morgan fingerprint density at radius 3 is 2.37 bits per heavy atom. The van der Waals surface area contributed by atoms with Crippen molar-refractivity contribution in [2.75, 3.05) is 20.3 Å². The van der Waals surface area contributed by atoms with Gasteiger partial charge in [0.1, 0.15) is 11.7 Å². The van der Waals surface area contributed by atoms with Gasteiger partial charge in [0.2, 0.25) is 0 Å². The topological polar surface area (TPSA) is 65.0 Å². The fraction of sp³-hybridized carbons (Fsp3) is 0.400. The molecule has 0 bridgehead atoms. The predicted octanol–water partition coefficient (Wildman–Crippen LogP) is 4.43. The molecule has 0 amide bonds. The van der Waals surface area contributed by atoms with Gasteiger partial charge in [-0.15, -0.1) is 0 Å². The van der Waals surface area contributed by atoms with Crippen LogP contribution in [0.5, 0.6) is 11.5 Å². The van der Waals surface area contributed by atoms with E-state index in [2.05, 4.69) is 4.99 Å². The molecular weight excluding hydrogens is 378 g/mol. The van der Waals surface area contributed by atoms with Gasteiger partial charge in [-0.05, 0) is 49.4 Å². The van der Waals surface area contributed by atoms with Crippen molar-refractivity contribution in [3.63, 3.8) is 0 Å². The van der Waals surface area contributed by atoms with Gasteiger partial charge < -0.3 is 9.47 Å². The van der Waals surface area contributed by atoms with E-state index < -0.39 is 5.92 Å². The molecule has 0 saturated heterocycles. The van der Waals surface area contributed by atoms with E-state index in [0.29, 0.717) is 43.3 Å². The minimum absolute atomic E-state index is 0.0447. The lowest BCUT2D eigenvalue weighted by Gasteiger charge is -2.28. The molecule has 5 heteroatoms. The molecule has 1 aliphatic carbocycles. The summed E-state index contributed by atoms with van der Waals surface area (Å²) in [5.41, 5.74) is 2.60. The Kier molecular flexibility index (Phi) is 7.39. The molecule has 0 spiro atoms. The molecule has 2 aromatic carbocycles. The zero-order valence-corrected chi connectivity index (χ0v) is 17.9. The molecule has 1 fully saturated rings. The molecule has 1 aliphatic rings. The quantitative estimate of drug-likeness (QED) is 0.607. The fourth-order valence-corrected chi connectivity index (χ4v) is 4.04. The van der Waals surface area contributed by atoms with Crippen LogP contribution in [0.1, 0.15) is 43.7 Å². The number of rotatable bonds is 8. The van der Waals surface area contributed by atoms with Crippen molar-refractivity contribution in [3.8, 4) is 11.5 Å². The normalized spacial score (nSPS) is 20.2. The number of carbonyl (C=O) groups excluding carboxylic acids is 2. The van der Waals surface area contributed by atoms with E-state index in [1.165, 1.54) is 0 Å². The van der Waals surface area contributed by atoms with E-state index in [1.807, 2.05) is 62.4 Å². The van der Waals surface area contributed by atoms with Crippen LogP contribution < -0.4 is 9.47 Å². The number of carbonyl (C=O) groups is 2. The molecule has 5 nitrogen and oxygen atoms in total. The number of hydrogen-bond donors (Lipinski definition) is 0. The first kappa shape index (κ1) is 21.8. The molecule has 30 heavy (non-hydrogen) atoms. The van der Waals surface area contributed by atoms with Crippen molar-refractivity contribution in [1.29, 1.82) is 0 Å². The second-order valence-electron chi connectivity index (χ2n) is 7.42. The van der Waals surface area contributed by atoms with Crippen LogP contribution in [0.25, 0.3) is 0 Å². The summed E-state index contributed by atoms with van der Waals surface area (Å²) in [6, 6.07) is 15.5. The average Bonchev–Trinajstić information content (AvgIpc) is 2.75. The van der Waals surface area contributed by atoms with Crippen LogP contribution in [0.2, 0.25) is 0 Å². The van der Waals surface area contributed by atoms with Crippen LogP contribution in [0.3, 0.4) is 0 Å². The average molecular weight is 408 g/mol. The lowest BCUT2D eigenvalue weighted by atomic mass is 9.74. The number of Topliss-reactive ketones (excluding diaryl/α,β-unsaturated/α-hetero) is 2. The van der Waals surface area contributed by atoms with Gasteiger partial charge >= 0.3 is 0 Å². The molecule has 2 atom stereocenters. The Bertz CT molecular complexity index is 920. The molecule has 3 rings (SSSR count). The minimum Gasteiger partial charge on any atom is -0.490 e. The van der Waals surface area contributed by atoms with Crippen LogP contribution in [0.15, 0.2) is 53.5 Å². The predicted molar refractivity (Wildman–Crippen MR) is 118 cm³/mol. The van der Waals surface area contributed by atoms with Gasteiger partial charge in [0, 0.05) is 25.6 Å². The highest BCUT2D eigenvalue weighted by Crippen LogP contribution is 2.34. The zero-order chi connectivity index (χ0) is 21.5. The molecule has 0 N–H and O–H groups in total. The first-order chi connectivity index (χ1) is 14.6. The number of aliphatic imine (C=N–C) groups is 1. The molecular formula is C25H29NO4. The summed E-state index contributed by atoms with van der Waals surface area (Å²) in [6.07, 6.45) is 1.17. The number of benzene rings is 2. The first-order valence-corrected chi connectivity index (χ1v) is 10.5. The Morgan fingerprint density at radius 1 is 1.00 bits per heavy atom. The maximum absolute atomic E-state index is 13.1. The maximum atomic E-state index is 13.1. The molecule has 1 saturated carbocycles. The van der Waals surface area contributed by atoms with E-state index in [-0.39, 0.29) is 23.9 Å². The smallest absolute Gasteiger partial charge is 0.161 e. The number of ketones is 2. The van der Waals surface area contributed by atoms with Crippen LogP contribution in [0.4, 0.5) is 0 Å². The third kappa shape index (κ3) is 4.96. The van der Waals surface area contributed by atoms with Crippen molar-refractivity contribution in [3.05, 3.63) is 59.7 Å². The van der Waals surface area contributed by atoms with Crippen molar-refractivity contribution in [1.82, 2.24) is 0 Å². The molecule has 0 radical (unpaired) electrons. The van der Waals surface area contributed by atoms with Crippen LogP contribution in [-0.2, 0) is 16.0 Å². The highest BCUT2D eigenvalue weighted by atomic mass is 16.5. The maximum Gasteiger partial charge on any atom is 0.161 e. The van der Waals surface area contributed by atoms with Gasteiger partial charge in [0.25, 0.3) is 0 Å². The molecule has 0 aromatic heterocycles. The van der Waals surface area contributed by atoms with Crippen molar-refractivity contribution < 1.29 is 19.1 Å². The Labute approximate surface area is 178 Å². The van der Waals surface area contributed by atoms with Gasteiger partial charge in [-0.1, -0.05) is 36.4 Å². The zero-order valence-electron chi connectivity index (χ0n) is 17.9. The Balaban J connectivity index is 1.76. The largest absolute Gasteiger partial charge is 0.490 e. The lowest BCUT2D eigenvalue weighted by molar-refractivity contribution is -0.130. The number of ether oxygens (including phenoxy) is 2. The highest BCUT2D eigenvalue weighted by Gasteiger charge is 2.38. The summed E-state index contributed by atoms with van der Waals surface area (Å²) in [5, 5.41) is 0. The summed E-state index contributed by atoms with van der Waals surface area (Å²) in [4.78, 5) is 30.4. The summed E-state index contributed by atoms with van der Waals surface area (Å²) >= 11 is 0. The molecule has 0 heterocycles. The van der Waals surface area contributed by atoms with Gasteiger partial charge in [-0.2, -0.15) is 0 Å². The monoisotopic (exact) mass is 407 g/mol. The first-order valence-electron chi connectivity index (χ1n) is 10.5. The standard InChI is InChI=1S/C25H29NO4/c1-4-29-23-12-11-17(14-24(23)30-5-2)13-21(27)25-20(26-3)15-19(16-22(25)28)18-9-7-6-8-10-18/h6-12,14,19,25H,4-5,13,15-16H2,1-3H3/t19-,25-/m1/s1. The highest BCUT2D eigenvalue weighted by molar-refractivity contribution is 6.23. The van der Waals surface area contributed by atoms with Crippen molar-refractivity contribution in [2.45, 2.75) is 39.0 Å². The second kappa shape index (κ2) is 10.2. The number of nitrogens with zero attached hydrogens (tertiary/aromatic N) is 1. The summed E-state index contributed by atoms with van der Waals surface area (Å²) in [6.45, 7) is 4.86. The van der Waals surface area contributed by atoms with Crippen molar-refractivity contribution >= 4 is 17.3 Å². The number of hydrogen-bond acceptors (Lipinski definition) is 5. The van der Waals surface area contributed by atoms with E-state index in [4.69, 9.17) is 9.47 Å². The van der Waals surface area contributed by atoms with Crippen LogP contribution in [0, 0.1) is 5.92 Å².